The van der Waals surface area contributed by atoms with Crippen molar-refractivity contribution in [1.82, 2.24) is 21.3 Å². The summed E-state index contributed by atoms with van der Waals surface area (Å²) in [7, 11) is -9.05. The summed E-state index contributed by atoms with van der Waals surface area (Å²) in [6.45, 7) is -1.52. The molecule has 0 rings (SSSR count). The highest BCUT2D eigenvalue weighted by atomic mass is 33.2. The lowest BCUT2D eigenvalue weighted by Gasteiger charge is -2.17. The maximum absolute atomic E-state index is 11.7. The van der Waals surface area contributed by atoms with Crippen molar-refractivity contribution in [3.05, 3.63) is 0 Å². The molecule has 0 aromatic rings. The molecule has 48 heavy (non-hydrogen) atoms. The van der Waals surface area contributed by atoms with Gasteiger partial charge < -0.3 is 53.2 Å². The minimum atomic E-state index is -4.49. The molecule has 0 radical (unpaired) electrons. The monoisotopic (exact) mass is 774 g/mol. The van der Waals surface area contributed by atoms with E-state index in [4.69, 9.17) is 41.0 Å². The van der Waals surface area contributed by atoms with Crippen molar-refractivity contribution in [1.29, 1.82) is 0 Å². The Labute approximate surface area is 278 Å². The smallest absolute Gasteiger partial charge is 0.322 e. The Morgan fingerprint density at radius 1 is 0.583 bits per heavy atom. The van der Waals surface area contributed by atoms with Crippen LogP contribution in [0.15, 0.2) is 0 Å². The van der Waals surface area contributed by atoms with Gasteiger partial charge in [0.25, 0.3) is 0 Å². The quantitative estimate of drug-likeness (QED) is 0.0361. The number of aliphatic carboxylic acids is 4. The molecule has 28 heteroatoms. The molecule has 0 spiro atoms. The molecule has 0 aliphatic heterocycles. The van der Waals surface area contributed by atoms with E-state index in [9.17, 15) is 55.2 Å². The van der Waals surface area contributed by atoms with Crippen LogP contribution in [0.4, 0.5) is 0 Å². The van der Waals surface area contributed by atoms with Crippen molar-refractivity contribution in [2.75, 3.05) is 24.6 Å². The van der Waals surface area contributed by atoms with E-state index in [1.807, 2.05) is 10.6 Å². The normalized spacial score (nSPS) is 13.6. The van der Waals surface area contributed by atoms with Gasteiger partial charge in [0.1, 0.15) is 37.3 Å². The van der Waals surface area contributed by atoms with Gasteiger partial charge in [-0.1, -0.05) is 0 Å². The fraction of sp³-hybridized carbons (Fsp3) is 0.600. The number of carboxylic acids is 4. The first-order chi connectivity index (χ1) is 21.8. The van der Waals surface area contributed by atoms with Gasteiger partial charge in [-0.25, -0.2) is 0 Å². The average Bonchev–Trinajstić information content (AvgIpc) is 2.95. The molecule has 24 nitrogen and oxygen atoms in total. The minimum absolute atomic E-state index is 0.0385. The number of hydrogen-bond acceptors (Lipinski definition) is 16. The summed E-state index contributed by atoms with van der Waals surface area (Å²) >= 11 is 0. The third-order valence-corrected chi connectivity index (χ3v) is 9.04. The van der Waals surface area contributed by atoms with Crippen molar-refractivity contribution in [2.45, 2.75) is 49.9 Å². The van der Waals surface area contributed by atoms with Crippen molar-refractivity contribution >= 4 is 87.4 Å². The van der Waals surface area contributed by atoms with Crippen LogP contribution in [0.3, 0.4) is 0 Å². The SMILES string of the molecule is NC(CCC(=O)NC(CSS(=O)(=O)O)C(=O)NCC(=O)O)C(=O)O.NC(CCC(=O)NC(CSS(=O)(=O)O)C(=O)NCC(=O)O)C(=O)O. The number of carbonyl (C=O) groups excluding carboxylic acids is 4. The van der Waals surface area contributed by atoms with Crippen LogP contribution in [0.5, 0.6) is 0 Å². The fourth-order valence-corrected chi connectivity index (χ4v) is 5.53. The summed E-state index contributed by atoms with van der Waals surface area (Å²) in [6, 6.07) is -5.49. The summed E-state index contributed by atoms with van der Waals surface area (Å²) in [5, 5.41) is 42.2. The standard InChI is InChI=1S/2C10H17N3O9S2/c2*11-5(10(18)19)1-2-7(14)13-6(4-23-24(20,21)22)9(17)12-3-8(15)16/h2*5-6H,1-4,11H2,(H,12,17)(H,13,14)(H,15,16)(H,18,19)(H,20,21,22). The first-order valence-corrected chi connectivity index (χ1v) is 18.5. The molecule has 0 aliphatic rings. The highest BCUT2D eigenvalue weighted by Crippen LogP contribution is 2.12. The van der Waals surface area contributed by atoms with Crippen molar-refractivity contribution in [3.63, 3.8) is 0 Å². The zero-order chi connectivity index (χ0) is 37.8. The van der Waals surface area contributed by atoms with Crippen LogP contribution in [-0.4, -0.2) is 143 Å². The van der Waals surface area contributed by atoms with E-state index in [1.54, 1.807) is 0 Å². The number of amides is 4. The highest BCUT2D eigenvalue weighted by molar-refractivity contribution is 8.70. The van der Waals surface area contributed by atoms with Crippen LogP contribution in [0.1, 0.15) is 25.7 Å². The topological polar surface area (TPSA) is 426 Å². The summed E-state index contributed by atoms with van der Waals surface area (Å²) in [4.78, 5) is 88.7. The second-order valence-electron chi connectivity index (χ2n) is 8.85. The molecule has 14 N–H and O–H groups in total. The van der Waals surface area contributed by atoms with Crippen LogP contribution < -0.4 is 32.7 Å². The van der Waals surface area contributed by atoms with Crippen molar-refractivity contribution in [2.24, 2.45) is 11.5 Å². The predicted octanol–water partition coefficient (Wildman–Crippen LogP) is -5.20. The van der Waals surface area contributed by atoms with E-state index in [0.717, 1.165) is 0 Å². The fourth-order valence-electron chi connectivity index (χ4n) is 2.60. The Balaban J connectivity index is 0. The lowest BCUT2D eigenvalue weighted by molar-refractivity contribution is -0.140. The second-order valence-corrected chi connectivity index (χ2v) is 15.6. The Hall–Kier alpha value is -3.80. The van der Waals surface area contributed by atoms with Crippen LogP contribution in [0.25, 0.3) is 0 Å². The molecular formula is C20H34N6O18S4. The number of nitrogens with one attached hydrogen (secondary N) is 4. The van der Waals surface area contributed by atoms with Gasteiger partial charge in [0, 0.05) is 24.3 Å². The van der Waals surface area contributed by atoms with E-state index in [2.05, 4.69) is 10.6 Å². The molecule has 0 heterocycles. The average molecular weight is 775 g/mol. The molecule has 0 saturated heterocycles. The zero-order valence-electron chi connectivity index (χ0n) is 24.3. The lowest BCUT2D eigenvalue weighted by atomic mass is 10.1. The molecule has 0 bridgehead atoms. The minimum Gasteiger partial charge on any atom is -0.480 e. The molecule has 4 atom stereocenters. The molecule has 0 aliphatic carbocycles. The summed E-state index contributed by atoms with van der Waals surface area (Å²) in [6.07, 6.45) is -1.16. The van der Waals surface area contributed by atoms with Crippen LogP contribution in [0.2, 0.25) is 0 Å². The third-order valence-electron chi connectivity index (χ3n) is 4.90. The lowest BCUT2D eigenvalue weighted by Crippen LogP contribution is -2.49. The molecular weight excluding hydrogens is 741 g/mol. The van der Waals surface area contributed by atoms with E-state index in [1.165, 1.54) is 0 Å². The number of nitrogens with two attached hydrogens (primary N) is 2. The summed E-state index contributed by atoms with van der Waals surface area (Å²) < 4.78 is 60.1. The summed E-state index contributed by atoms with van der Waals surface area (Å²) in [5.41, 5.74) is 10.4. The van der Waals surface area contributed by atoms with Gasteiger partial charge in [0.15, 0.2) is 0 Å². The molecule has 4 amide bonds. The number of carboxylic acid groups (broad SMARTS) is 4. The predicted molar refractivity (Wildman–Crippen MR) is 163 cm³/mol. The maximum Gasteiger partial charge on any atom is 0.322 e. The van der Waals surface area contributed by atoms with Crippen LogP contribution in [-0.2, 0) is 56.7 Å². The van der Waals surface area contributed by atoms with Gasteiger partial charge in [-0.15, -0.1) is 0 Å². The van der Waals surface area contributed by atoms with Gasteiger partial charge in [-0.05, 0) is 34.4 Å². The van der Waals surface area contributed by atoms with Crippen molar-refractivity contribution in [3.8, 4) is 0 Å². The maximum atomic E-state index is 11.7. The van der Waals surface area contributed by atoms with Crippen LogP contribution >= 0.6 is 21.6 Å². The molecule has 0 aromatic carbocycles. The van der Waals surface area contributed by atoms with Crippen molar-refractivity contribution < 1.29 is 84.7 Å². The first-order valence-electron chi connectivity index (χ1n) is 12.6. The second kappa shape index (κ2) is 22.7. The largest absolute Gasteiger partial charge is 0.480 e. The Kier molecular flexibility index (Phi) is 21.9. The van der Waals surface area contributed by atoms with E-state index < -0.39 is 115 Å². The van der Waals surface area contributed by atoms with Gasteiger partial charge in [-0.2, -0.15) is 16.8 Å². The third kappa shape index (κ3) is 26.3. The number of rotatable bonds is 22. The Morgan fingerprint density at radius 2 is 0.875 bits per heavy atom. The Bertz CT molecular complexity index is 1290. The first kappa shape index (κ1) is 46.3. The highest BCUT2D eigenvalue weighted by Gasteiger charge is 2.26. The molecule has 0 fully saturated rings. The number of hydrogen-bond donors (Lipinski definition) is 12. The van der Waals surface area contributed by atoms with E-state index in [-0.39, 0.29) is 47.3 Å². The van der Waals surface area contributed by atoms with E-state index >= 15 is 0 Å². The van der Waals surface area contributed by atoms with Gasteiger partial charge in [-0.3, -0.25) is 47.5 Å². The van der Waals surface area contributed by atoms with Gasteiger partial charge in [0.05, 0.1) is 0 Å². The number of carbonyl (C=O) groups is 8. The van der Waals surface area contributed by atoms with E-state index in [0.29, 0.717) is 0 Å². The molecule has 4 unspecified atom stereocenters. The molecule has 276 valence electrons. The molecule has 0 saturated carbocycles. The zero-order valence-corrected chi connectivity index (χ0v) is 27.6. The van der Waals surface area contributed by atoms with Gasteiger partial charge in [0.2, 0.25) is 23.6 Å². The Morgan fingerprint density at radius 3 is 1.10 bits per heavy atom. The molecule has 0 aromatic heterocycles. The summed E-state index contributed by atoms with van der Waals surface area (Å²) in [5.74, 6) is -10.1. The van der Waals surface area contributed by atoms with Crippen LogP contribution in [0, 0.1) is 0 Å². The van der Waals surface area contributed by atoms with Gasteiger partial charge >= 0.3 is 42.2 Å².